The number of nitrogens with one attached hydrogen (secondary N) is 1. The van der Waals surface area contributed by atoms with Crippen molar-refractivity contribution in [2.24, 2.45) is 5.92 Å². The van der Waals surface area contributed by atoms with Crippen LogP contribution in [-0.2, 0) is 16.1 Å². The molecule has 3 heterocycles. The standard InChI is InChI=1S/C17H20N4O4S/c1-9(2)7-21-16-12(11(4)19-21)6-13(26-16)17(23)24-8-15(22)18-14-5-10(3)25-20-14/h5-6,9H,7-8H2,1-4H3,(H,18,20,22). The number of nitrogens with zero attached hydrogens (tertiary/aromatic N) is 3. The summed E-state index contributed by atoms with van der Waals surface area (Å²) in [5, 5.41) is 11.6. The first kappa shape index (κ1) is 18.1. The minimum atomic E-state index is -0.534. The van der Waals surface area contributed by atoms with E-state index in [2.05, 4.69) is 29.4 Å². The Kier molecular flexibility index (Phi) is 5.08. The van der Waals surface area contributed by atoms with Crippen LogP contribution < -0.4 is 5.32 Å². The van der Waals surface area contributed by atoms with E-state index in [1.165, 1.54) is 11.3 Å². The molecule has 0 saturated carbocycles. The minimum Gasteiger partial charge on any atom is -0.451 e. The first-order valence-corrected chi connectivity index (χ1v) is 9.02. The normalized spacial score (nSPS) is 11.3. The lowest BCUT2D eigenvalue weighted by molar-refractivity contribution is -0.119. The van der Waals surface area contributed by atoms with Crippen molar-refractivity contribution in [1.82, 2.24) is 14.9 Å². The van der Waals surface area contributed by atoms with Gasteiger partial charge in [-0.15, -0.1) is 11.3 Å². The topological polar surface area (TPSA) is 99.2 Å². The van der Waals surface area contributed by atoms with Crippen LogP contribution in [0.25, 0.3) is 10.2 Å². The molecule has 0 unspecified atom stereocenters. The average molecular weight is 376 g/mol. The maximum atomic E-state index is 12.3. The van der Waals surface area contributed by atoms with E-state index in [9.17, 15) is 9.59 Å². The Hall–Kier alpha value is -2.68. The molecule has 0 bridgehead atoms. The summed E-state index contributed by atoms with van der Waals surface area (Å²) >= 11 is 1.32. The molecule has 3 aromatic rings. The summed E-state index contributed by atoms with van der Waals surface area (Å²) in [4.78, 5) is 25.5. The Morgan fingerprint density at radius 2 is 2.12 bits per heavy atom. The summed E-state index contributed by atoms with van der Waals surface area (Å²) in [7, 11) is 0. The smallest absolute Gasteiger partial charge is 0.348 e. The molecule has 138 valence electrons. The molecular weight excluding hydrogens is 356 g/mol. The van der Waals surface area contributed by atoms with Crippen molar-refractivity contribution in [1.29, 1.82) is 0 Å². The molecule has 0 aromatic carbocycles. The van der Waals surface area contributed by atoms with Gasteiger partial charge >= 0.3 is 5.97 Å². The van der Waals surface area contributed by atoms with Crippen molar-refractivity contribution in [2.45, 2.75) is 34.2 Å². The van der Waals surface area contributed by atoms with Gasteiger partial charge in [-0.1, -0.05) is 19.0 Å². The van der Waals surface area contributed by atoms with Gasteiger partial charge in [-0.25, -0.2) is 4.79 Å². The number of anilines is 1. The molecule has 0 aliphatic carbocycles. The molecular formula is C17H20N4O4S. The molecule has 3 aromatic heterocycles. The van der Waals surface area contributed by atoms with E-state index in [0.717, 1.165) is 22.5 Å². The summed E-state index contributed by atoms with van der Waals surface area (Å²) < 4.78 is 11.9. The molecule has 1 amide bonds. The van der Waals surface area contributed by atoms with Crippen LogP contribution >= 0.6 is 11.3 Å². The monoisotopic (exact) mass is 376 g/mol. The summed E-state index contributed by atoms with van der Waals surface area (Å²) in [5.41, 5.74) is 0.870. The lowest BCUT2D eigenvalue weighted by atomic mass is 10.2. The van der Waals surface area contributed by atoms with Gasteiger partial charge in [0.25, 0.3) is 5.91 Å². The van der Waals surface area contributed by atoms with Gasteiger partial charge in [-0.3, -0.25) is 9.48 Å². The van der Waals surface area contributed by atoms with Crippen LogP contribution in [0.1, 0.15) is 35.0 Å². The van der Waals surface area contributed by atoms with Crippen LogP contribution in [0, 0.1) is 19.8 Å². The van der Waals surface area contributed by atoms with E-state index >= 15 is 0 Å². The first-order chi connectivity index (χ1) is 12.3. The highest BCUT2D eigenvalue weighted by Gasteiger charge is 2.19. The van der Waals surface area contributed by atoms with Gasteiger partial charge in [0.15, 0.2) is 12.4 Å². The van der Waals surface area contributed by atoms with Crippen LogP contribution in [0.15, 0.2) is 16.7 Å². The molecule has 3 rings (SSSR count). The number of hydrogen-bond donors (Lipinski definition) is 1. The largest absolute Gasteiger partial charge is 0.451 e. The van der Waals surface area contributed by atoms with Gasteiger partial charge in [-0.2, -0.15) is 5.10 Å². The number of carbonyl (C=O) groups is 2. The van der Waals surface area contributed by atoms with Gasteiger partial charge in [0.1, 0.15) is 15.5 Å². The van der Waals surface area contributed by atoms with Gasteiger partial charge in [0.05, 0.1) is 5.69 Å². The van der Waals surface area contributed by atoms with Crippen molar-refractivity contribution < 1.29 is 18.8 Å². The van der Waals surface area contributed by atoms with Crippen LogP contribution in [0.3, 0.4) is 0 Å². The Morgan fingerprint density at radius 1 is 1.35 bits per heavy atom. The summed E-state index contributed by atoms with van der Waals surface area (Å²) in [6.07, 6.45) is 0. The van der Waals surface area contributed by atoms with E-state index in [-0.39, 0.29) is 5.82 Å². The van der Waals surface area contributed by atoms with Gasteiger partial charge in [-0.05, 0) is 25.8 Å². The number of ether oxygens (including phenoxy) is 1. The Balaban J connectivity index is 1.65. The molecule has 9 heteroatoms. The molecule has 0 radical (unpaired) electrons. The molecule has 0 saturated heterocycles. The summed E-state index contributed by atoms with van der Waals surface area (Å²) in [5.74, 6) is 0.296. The third-order valence-electron chi connectivity index (χ3n) is 3.58. The van der Waals surface area contributed by atoms with E-state index in [4.69, 9.17) is 9.26 Å². The third-order valence-corrected chi connectivity index (χ3v) is 4.70. The molecule has 8 nitrogen and oxygen atoms in total. The van der Waals surface area contributed by atoms with Crippen molar-refractivity contribution in [3.05, 3.63) is 28.5 Å². The van der Waals surface area contributed by atoms with E-state index in [0.29, 0.717) is 16.6 Å². The quantitative estimate of drug-likeness (QED) is 0.664. The molecule has 0 atom stereocenters. The highest BCUT2D eigenvalue weighted by atomic mass is 32.1. The van der Waals surface area contributed by atoms with Gasteiger partial charge in [0, 0.05) is 18.0 Å². The highest BCUT2D eigenvalue weighted by Crippen LogP contribution is 2.29. The molecule has 0 fully saturated rings. The zero-order valence-corrected chi connectivity index (χ0v) is 15.8. The number of rotatable bonds is 6. The summed E-state index contributed by atoms with van der Waals surface area (Å²) in [6, 6.07) is 3.34. The van der Waals surface area contributed by atoms with Crippen molar-refractivity contribution in [3.63, 3.8) is 0 Å². The number of amides is 1. The van der Waals surface area contributed by atoms with Crippen LogP contribution in [-0.4, -0.2) is 33.4 Å². The Bertz CT molecular complexity index is 953. The fourth-order valence-electron chi connectivity index (χ4n) is 2.49. The van der Waals surface area contributed by atoms with E-state index in [1.54, 1.807) is 19.1 Å². The SMILES string of the molecule is Cc1cc(NC(=O)COC(=O)c2cc3c(C)nn(CC(C)C)c3s2)no1. The lowest BCUT2D eigenvalue weighted by Gasteiger charge is -2.05. The predicted octanol–water partition coefficient (Wildman–Crippen LogP) is 3.15. The molecule has 0 aliphatic heterocycles. The highest BCUT2D eigenvalue weighted by molar-refractivity contribution is 7.20. The second-order valence-corrected chi connectivity index (χ2v) is 7.47. The van der Waals surface area contributed by atoms with Crippen molar-refractivity contribution in [3.8, 4) is 0 Å². The minimum absolute atomic E-state index is 0.287. The molecule has 26 heavy (non-hydrogen) atoms. The molecule has 1 N–H and O–H groups in total. The lowest BCUT2D eigenvalue weighted by Crippen LogP contribution is -2.20. The summed E-state index contributed by atoms with van der Waals surface area (Å²) in [6.45, 7) is 8.23. The number of carbonyl (C=O) groups excluding carboxylic acids is 2. The zero-order chi connectivity index (χ0) is 18.8. The number of thiophene rings is 1. The number of aryl methyl sites for hydroxylation is 2. The second kappa shape index (κ2) is 7.28. The van der Waals surface area contributed by atoms with Gasteiger partial charge < -0.3 is 14.6 Å². The van der Waals surface area contributed by atoms with Gasteiger partial charge in [0.2, 0.25) is 0 Å². The Labute approximate surface area is 154 Å². The third kappa shape index (κ3) is 3.93. The van der Waals surface area contributed by atoms with Crippen molar-refractivity contribution >= 4 is 39.2 Å². The number of aromatic nitrogens is 3. The Morgan fingerprint density at radius 3 is 2.77 bits per heavy atom. The predicted molar refractivity (Wildman–Crippen MR) is 97.3 cm³/mol. The first-order valence-electron chi connectivity index (χ1n) is 8.20. The maximum Gasteiger partial charge on any atom is 0.348 e. The van der Waals surface area contributed by atoms with Crippen LogP contribution in [0.5, 0.6) is 0 Å². The molecule has 0 spiro atoms. The second-order valence-electron chi connectivity index (χ2n) is 6.44. The number of hydrogen-bond acceptors (Lipinski definition) is 7. The zero-order valence-electron chi connectivity index (χ0n) is 15.0. The average Bonchev–Trinajstić information content (AvgIpc) is 3.23. The van der Waals surface area contributed by atoms with Crippen LogP contribution in [0.2, 0.25) is 0 Å². The number of esters is 1. The van der Waals surface area contributed by atoms with Crippen molar-refractivity contribution in [2.75, 3.05) is 11.9 Å². The van der Waals surface area contributed by atoms with E-state index in [1.807, 2.05) is 11.6 Å². The molecule has 0 aliphatic rings. The van der Waals surface area contributed by atoms with E-state index < -0.39 is 18.5 Å². The number of fused-ring (bicyclic) bond motifs is 1. The fraction of sp³-hybridized carbons (Fsp3) is 0.412. The maximum absolute atomic E-state index is 12.3. The fourth-order valence-corrected chi connectivity index (χ4v) is 3.55. The van der Waals surface area contributed by atoms with Crippen LogP contribution in [0.4, 0.5) is 5.82 Å².